The fourth-order valence-corrected chi connectivity index (χ4v) is 5.04. The molecule has 1 aromatic carbocycles. The van der Waals surface area contributed by atoms with Gasteiger partial charge in [-0.25, -0.2) is 9.59 Å². The van der Waals surface area contributed by atoms with Crippen LogP contribution in [-0.4, -0.2) is 94.1 Å². The van der Waals surface area contributed by atoms with E-state index >= 15 is 0 Å². The summed E-state index contributed by atoms with van der Waals surface area (Å²) in [6, 6.07) is 9.16. The molecule has 11 nitrogen and oxygen atoms in total. The third-order valence-electron chi connectivity index (χ3n) is 7.31. The summed E-state index contributed by atoms with van der Waals surface area (Å²) in [5.41, 5.74) is 12.3. The molecule has 1 atom stereocenters. The summed E-state index contributed by atoms with van der Waals surface area (Å²) < 4.78 is 1.45. The van der Waals surface area contributed by atoms with Gasteiger partial charge in [-0.3, -0.25) is 14.7 Å². The molecule has 0 bridgehead atoms. The van der Waals surface area contributed by atoms with Crippen LogP contribution < -0.4 is 22.5 Å². The number of nitrogens with two attached hydrogens (primary N) is 2. The molecule has 2 saturated heterocycles. The van der Waals surface area contributed by atoms with Gasteiger partial charge in [-0.05, 0) is 75.9 Å². The Morgan fingerprint density at radius 3 is 2.37 bits per heavy atom. The molecule has 0 saturated carbocycles. The van der Waals surface area contributed by atoms with Gasteiger partial charge in [0, 0.05) is 45.5 Å². The molecule has 38 heavy (non-hydrogen) atoms. The van der Waals surface area contributed by atoms with Crippen molar-refractivity contribution >= 4 is 17.8 Å². The number of rotatable bonds is 7. The second kappa shape index (κ2) is 12.1. The van der Waals surface area contributed by atoms with Crippen LogP contribution in [0.1, 0.15) is 32.3 Å². The molecule has 0 unspecified atom stereocenters. The highest BCUT2D eigenvalue weighted by Gasteiger charge is 2.31. The Bertz CT molecular complexity index is 1170. The van der Waals surface area contributed by atoms with Gasteiger partial charge >= 0.3 is 11.7 Å². The first-order chi connectivity index (χ1) is 18.1. The number of carbonyl (C=O) groups excluding carboxylic acids is 2. The van der Waals surface area contributed by atoms with Gasteiger partial charge in [-0.2, -0.15) is 4.98 Å². The quantitative estimate of drug-likeness (QED) is 0.487. The first-order valence-electron chi connectivity index (χ1n) is 13.4. The molecule has 2 aromatic rings. The van der Waals surface area contributed by atoms with Crippen LogP contribution in [0.2, 0.25) is 0 Å². The van der Waals surface area contributed by atoms with Crippen molar-refractivity contribution < 1.29 is 9.59 Å². The van der Waals surface area contributed by atoms with E-state index in [0.717, 1.165) is 32.6 Å². The Morgan fingerprint density at radius 1 is 1.05 bits per heavy atom. The summed E-state index contributed by atoms with van der Waals surface area (Å²) in [6.45, 7) is 8.86. The van der Waals surface area contributed by atoms with Gasteiger partial charge in [-0.15, -0.1) is 0 Å². The molecule has 2 fully saturated rings. The Morgan fingerprint density at radius 2 is 1.74 bits per heavy atom. The number of aromatic nitrogens is 2. The lowest BCUT2D eigenvalue weighted by molar-refractivity contribution is -0.137. The van der Waals surface area contributed by atoms with Gasteiger partial charge in [0.2, 0.25) is 5.91 Å². The molecule has 0 aliphatic carbocycles. The van der Waals surface area contributed by atoms with Crippen LogP contribution >= 0.6 is 0 Å². The van der Waals surface area contributed by atoms with Crippen molar-refractivity contribution in [2.75, 3.05) is 57.7 Å². The molecule has 2 aliphatic heterocycles. The van der Waals surface area contributed by atoms with Crippen LogP contribution in [0, 0.1) is 5.92 Å². The summed E-state index contributed by atoms with van der Waals surface area (Å²) in [6.07, 6.45) is 4.99. The van der Waals surface area contributed by atoms with E-state index in [1.807, 2.05) is 24.3 Å². The van der Waals surface area contributed by atoms with Gasteiger partial charge in [0.05, 0.1) is 11.2 Å². The maximum absolute atomic E-state index is 12.7. The second-order valence-electron chi connectivity index (χ2n) is 10.9. The number of amides is 3. The lowest BCUT2D eigenvalue weighted by Crippen LogP contribution is -2.58. The molecule has 0 radical (unpaired) electrons. The van der Waals surface area contributed by atoms with E-state index in [1.54, 1.807) is 35.9 Å². The molecule has 3 amide bonds. The maximum Gasteiger partial charge on any atom is 0.354 e. The highest BCUT2D eigenvalue weighted by atomic mass is 16.2. The predicted molar refractivity (Wildman–Crippen MR) is 147 cm³/mol. The second-order valence-corrected chi connectivity index (χ2v) is 10.9. The van der Waals surface area contributed by atoms with Gasteiger partial charge in [0.15, 0.2) is 0 Å². The smallest absolute Gasteiger partial charge is 0.338 e. The standard InChI is InChI=1S/C27H40N8O3/c1-27(2,29)24(36)33-14-16-34(17-15-33)25(37)30-23-10-13-35(26(38)31-23)22-7-5-20(6-8-22)9-12-32-11-3-4-21(18-28)19-32/h5-8,10,13,21H,3-4,9,11-12,14-19,28-29H2,1-2H3,(H,30,31,37,38)/t21-/m1/s1. The van der Waals surface area contributed by atoms with Crippen LogP contribution in [-0.2, 0) is 11.2 Å². The van der Waals surface area contributed by atoms with Crippen molar-refractivity contribution in [3.8, 4) is 5.69 Å². The first-order valence-corrected chi connectivity index (χ1v) is 13.4. The summed E-state index contributed by atoms with van der Waals surface area (Å²) in [4.78, 5) is 47.5. The first kappa shape index (κ1) is 27.7. The zero-order valence-electron chi connectivity index (χ0n) is 22.4. The SMILES string of the molecule is CC(C)(N)C(=O)N1CCN(C(=O)Nc2ccn(-c3ccc(CCN4CCC[C@H](CN)C4)cc3)c(=O)n2)CC1. The van der Waals surface area contributed by atoms with Gasteiger partial charge in [0.25, 0.3) is 0 Å². The summed E-state index contributed by atoms with van der Waals surface area (Å²) in [5, 5.41) is 2.69. The van der Waals surface area contributed by atoms with Crippen molar-refractivity contribution in [2.45, 2.75) is 38.6 Å². The zero-order chi connectivity index (χ0) is 27.3. The molecule has 0 spiro atoms. The van der Waals surface area contributed by atoms with E-state index in [2.05, 4.69) is 15.2 Å². The number of carbonyl (C=O) groups is 2. The summed E-state index contributed by atoms with van der Waals surface area (Å²) in [7, 11) is 0. The minimum Gasteiger partial charge on any atom is -0.338 e. The molecule has 206 valence electrons. The van der Waals surface area contributed by atoms with Crippen LogP contribution in [0.15, 0.2) is 41.3 Å². The van der Waals surface area contributed by atoms with E-state index in [-0.39, 0.29) is 17.8 Å². The lowest BCUT2D eigenvalue weighted by atomic mass is 9.98. The number of anilines is 1. The number of piperazine rings is 1. The maximum atomic E-state index is 12.7. The molecule has 2 aliphatic rings. The third kappa shape index (κ3) is 6.97. The normalized spacial score (nSPS) is 18.9. The number of hydrogen-bond acceptors (Lipinski definition) is 7. The Labute approximate surface area is 223 Å². The van der Waals surface area contributed by atoms with E-state index in [1.165, 1.54) is 23.0 Å². The average Bonchev–Trinajstić information content (AvgIpc) is 2.91. The minimum absolute atomic E-state index is 0.140. The lowest BCUT2D eigenvalue weighted by Gasteiger charge is -2.37. The number of likely N-dealkylation sites (tertiary alicyclic amines) is 1. The van der Waals surface area contributed by atoms with Crippen LogP contribution in [0.25, 0.3) is 5.69 Å². The summed E-state index contributed by atoms with van der Waals surface area (Å²) in [5.74, 6) is 0.647. The Hall–Kier alpha value is -3.28. The Kier molecular flexibility index (Phi) is 8.80. The minimum atomic E-state index is -0.944. The molecule has 1 aromatic heterocycles. The third-order valence-corrected chi connectivity index (χ3v) is 7.31. The van der Waals surface area contributed by atoms with Crippen LogP contribution in [0.5, 0.6) is 0 Å². The van der Waals surface area contributed by atoms with Gasteiger partial charge < -0.3 is 26.2 Å². The number of urea groups is 1. The highest BCUT2D eigenvalue weighted by Crippen LogP contribution is 2.17. The van der Waals surface area contributed by atoms with Crippen molar-refractivity contribution in [1.82, 2.24) is 24.3 Å². The Balaban J connectivity index is 1.29. The molecule has 4 rings (SSSR count). The number of piperidine rings is 1. The molecule has 3 heterocycles. The van der Waals surface area contributed by atoms with Crippen molar-refractivity contribution in [2.24, 2.45) is 17.4 Å². The monoisotopic (exact) mass is 524 g/mol. The van der Waals surface area contributed by atoms with Gasteiger partial charge in [-0.1, -0.05) is 12.1 Å². The molecule has 5 N–H and O–H groups in total. The molecule has 11 heteroatoms. The number of nitrogens with one attached hydrogen (secondary N) is 1. The topological polar surface area (TPSA) is 143 Å². The number of hydrogen-bond donors (Lipinski definition) is 3. The van der Waals surface area contributed by atoms with Crippen LogP contribution in [0.3, 0.4) is 0 Å². The highest BCUT2D eigenvalue weighted by molar-refractivity contribution is 5.89. The average molecular weight is 525 g/mol. The van der Waals surface area contributed by atoms with E-state index in [9.17, 15) is 14.4 Å². The van der Waals surface area contributed by atoms with Crippen molar-refractivity contribution in [3.63, 3.8) is 0 Å². The van der Waals surface area contributed by atoms with Crippen molar-refractivity contribution in [3.05, 3.63) is 52.6 Å². The van der Waals surface area contributed by atoms with Crippen LogP contribution in [0.4, 0.5) is 10.6 Å². The fourth-order valence-electron chi connectivity index (χ4n) is 5.04. The van der Waals surface area contributed by atoms with Crippen molar-refractivity contribution in [1.29, 1.82) is 0 Å². The molecular formula is C27H40N8O3. The fraction of sp³-hybridized carbons (Fsp3) is 0.556. The largest absolute Gasteiger partial charge is 0.354 e. The molecular weight excluding hydrogens is 484 g/mol. The summed E-state index contributed by atoms with van der Waals surface area (Å²) >= 11 is 0. The van der Waals surface area contributed by atoms with E-state index in [4.69, 9.17) is 11.5 Å². The predicted octanol–water partition coefficient (Wildman–Crippen LogP) is 0.859. The van der Waals surface area contributed by atoms with E-state index in [0.29, 0.717) is 37.8 Å². The number of benzene rings is 1. The van der Waals surface area contributed by atoms with E-state index < -0.39 is 11.2 Å². The van der Waals surface area contributed by atoms with Gasteiger partial charge in [0.1, 0.15) is 5.82 Å². The number of nitrogens with zero attached hydrogens (tertiary/aromatic N) is 5. The zero-order valence-corrected chi connectivity index (χ0v) is 22.4.